The molecule has 0 amide bonds. The first kappa shape index (κ1) is 12.5. The van der Waals surface area contributed by atoms with Crippen molar-refractivity contribution < 1.29 is 0 Å². The molecule has 0 saturated heterocycles. The molecule has 0 saturated carbocycles. The van der Waals surface area contributed by atoms with Crippen LogP contribution < -0.4 is 0 Å². The van der Waals surface area contributed by atoms with Gasteiger partial charge in [-0.1, -0.05) is 60.7 Å². The summed E-state index contributed by atoms with van der Waals surface area (Å²) in [7, 11) is 0. The molecule has 1 nitrogen and oxygen atoms in total. The van der Waals surface area contributed by atoms with Gasteiger partial charge in [0.1, 0.15) is 0 Å². The number of nitrogens with one attached hydrogen (secondary N) is 1. The van der Waals surface area contributed by atoms with Crippen LogP contribution >= 0.6 is 12.4 Å². The molecule has 2 rings (SSSR count). The van der Waals surface area contributed by atoms with Crippen LogP contribution in [0.15, 0.2) is 60.7 Å². The second-order valence-electron chi connectivity index (χ2n) is 3.49. The summed E-state index contributed by atoms with van der Waals surface area (Å²) < 4.78 is 0. The van der Waals surface area contributed by atoms with Gasteiger partial charge in [-0.3, -0.25) is 0 Å². The van der Waals surface area contributed by atoms with Crippen LogP contribution in [-0.4, -0.2) is 5.71 Å². The summed E-state index contributed by atoms with van der Waals surface area (Å²) in [5.41, 5.74) is 1.82. The first-order chi connectivity index (χ1) is 7.36. The van der Waals surface area contributed by atoms with E-state index in [1.54, 1.807) is 0 Å². The molecule has 0 aliphatic heterocycles. The molecule has 1 N–H and O–H groups in total. The summed E-state index contributed by atoms with van der Waals surface area (Å²) >= 11 is 0. The summed E-state index contributed by atoms with van der Waals surface area (Å²) in [6.07, 6.45) is 11.9. The predicted molar refractivity (Wildman–Crippen MR) is 72.2 cm³/mol. The van der Waals surface area contributed by atoms with Crippen LogP contribution in [-0.2, 0) is 0 Å². The monoisotopic (exact) mass is 231 g/mol. The van der Waals surface area contributed by atoms with Crippen molar-refractivity contribution in [2.75, 3.05) is 0 Å². The van der Waals surface area contributed by atoms with Gasteiger partial charge < -0.3 is 5.41 Å². The standard InChI is InChI=1S/C14H13N.ClH/c15-14-9-5-4-8-13(14)11-10-12-6-2-1-3-7-12;/h1-11,13,15H;1H. The molecule has 1 aromatic rings. The number of halogens is 1. The molecule has 0 spiro atoms. The lowest BCUT2D eigenvalue weighted by atomic mass is 9.97. The average molecular weight is 232 g/mol. The van der Waals surface area contributed by atoms with Crippen molar-refractivity contribution in [3.05, 3.63) is 66.3 Å². The minimum Gasteiger partial charge on any atom is -0.304 e. The van der Waals surface area contributed by atoms with Gasteiger partial charge in [0.15, 0.2) is 0 Å². The molecule has 0 aromatic heterocycles. The molecular weight excluding hydrogens is 218 g/mol. The summed E-state index contributed by atoms with van der Waals surface area (Å²) in [5.74, 6) is 0.121. The van der Waals surface area contributed by atoms with E-state index in [4.69, 9.17) is 5.41 Å². The summed E-state index contributed by atoms with van der Waals surface area (Å²) in [5, 5.41) is 7.72. The van der Waals surface area contributed by atoms with E-state index in [1.165, 1.54) is 5.56 Å². The Morgan fingerprint density at radius 2 is 1.81 bits per heavy atom. The van der Waals surface area contributed by atoms with Gasteiger partial charge in [-0.15, -0.1) is 12.4 Å². The predicted octanol–water partition coefficient (Wildman–Crippen LogP) is 3.88. The molecule has 0 radical (unpaired) electrons. The number of hydrogen-bond donors (Lipinski definition) is 1. The van der Waals surface area contributed by atoms with Crippen LogP contribution in [0.3, 0.4) is 0 Å². The Morgan fingerprint density at radius 3 is 2.50 bits per heavy atom. The first-order valence-electron chi connectivity index (χ1n) is 5.03. The maximum absolute atomic E-state index is 7.72. The molecule has 2 heteroatoms. The average Bonchev–Trinajstić information content (AvgIpc) is 2.29. The van der Waals surface area contributed by atoms with Crippen molar-refractivity contribution in [1.29, 1.82) is 5.41 Å². The van der Waals surface area contributed by atoms with Crippen LogP contribution in [0.1, 0.15) is 5.56 Å². The highest BCUT2D eigenvalue weighted by molar-refractivity contribution is 5.98. The third-order valence-electron chi connectivity index (χ3n) is 2.36. The molecule has 0 bridgehead atoms. The van der Waals surface area contributed by atoms with Crippen molar-refractivity contribution in [2.24, 2.45) is 5.92 Å². The first-order valence-corrected chi connectivity index (χ1v) is 5.03. The molecule has 82 valence electrons. The quantitative estimate of drug-likeness (QED) is 0.799. The van der Waals surface area contributed by atoms with E-state index in [1.807, 2.05) is 42.5 Å². The highest BCUT2D eigenvalue weighted by Gasteiger charge is 2.06. The minimum atomic E-state index is 0. The molecule has 16 heavy (non-hydrogen) atoms. The fourth-order valence-corrected chi connectivity index (χ4v) is 1.50. The van der Waals surface area contributed by atoms with Crippen molar-refractivity contribution in [2.45, 2.75) is 0 Å². The van der Waals surface area contributed by atoms with Crippen LogP contribution in [0.2, 0.25) is 0 Å². The normalized spacial score (nSPS) is 18.8. The van der Waals surface area contributed by atoms with E-state index in [0.29, 0.717) is 5.71 Å². The van der Waals surface area contributed by atoms with Gasteiger partial charge in [-0.2, -0.15) is 0 Å². The Balaban J connectivity index is 0.00000128. The van der Waals surface area contributed by atoms with Crippen molar-refractivity contribution in [1.82, 2.24) is 0 Å². The van der Waals surface area contributed by atoms with Gasteiger partial charge in [-0.25, -0.2) is 0 Å². The third kappa shape index (κ3) is 3.21. The van der Waals surface area contributed by atoms with E-state index < -0.39 is 0 Å². The summed E-state index contributed by atoms with van der Waals surface area (Å²) in [6.45, 7) is 0. The van der Waals surface area contributed by atoms with Crippen molar-refractivity contribution in [3.8, 4) is 0 Å². The fraction of sp³-hybridized carbons (Fsp3) is 0.0714. The van der Waals surface area contributed by atoms with Crippen LogP contribution in [0.4, 0.5) is 0 Å². The van der Waals surface area contributed by atoms with Crippen LogP contribution in [0.5, 0.6) is 0 Å². The van der Waals surface area contributed by atoms with Crippen LogP contribution in [0.25, 0.3) is 6.08 Å². The maximum Gasteiger partial charge on any atom is 0.0420 e. The number of allylic oxidation sites excluding steroid dienone is 5. The number of rotatable bonds is 2. The number of hydrogen-bond acceptors (Lipinski definition) is 1. The van der Waals surface area contributed by atoms with Crippen molar-refractivity contribution in [3.63, 3.8) is 0 Å². The topological polar surface area (TPSA) is 23.9 Å². The molecule has 1 unspecified atom stereocenters. The highest BCUT2D eigenvalue weighted by atomic mass is 35.5. The fourth-order valence-electron chi connectivity index (χ4n) is 1.50. The summed E-state index contributed by atoms with van der Waals surface area (Å²) in [4.78, 5) is 0. The smallest absolute Gasteiger partial charge is 0.0420 e. The highest BCUT2D eigenvalue weighted by Crippen LogP contribution is 2.12. The largest absolute Gasteiger partial charge is 0.304 e. The Bertz CT molecular complexity index is 429. The Hall–Kier alpha value is -1.60. The van der Waals surface area contributed by atoms with E-state index >= 15 is 0 Å². The van der Waals surface area contributed by atoms with Gasteiger partial charge in [-0.05, 0) is 11.6 Å². The lowest BCUT2D eigenvalue weighted by Gasteiger charge is -2.08. The Morgan fingerprint density at radius 1 is 1.06 bits per heavy atom. The summed E-state index contributed by atoms with van der Waals surface area (Å²) in [6, 6.07) is 10.1. The zero-order valence-electron chi connectivity index (χ0n) is 8.84. The molecule has 0 heterocycles. The SMILES string of the molecule is Cl.N=C1C=CC=CC1C=Cc1ccccc1. The van der Waals surface area contributed by atoms with Gasteiger partial charge in [0.05, 0.1) is 0 Å². The van der Waals surface area contributed by atoms with Gasteiger partial charge in [0.25, 0.3) is 0 Å². The second kappa shape index (κ2) is 6.09. The van der Waals surface area contributed by atoms with E-state index in [-0.39, 0.29) is 18.3 Å². The maximum atomic E-state index is 7.72. The Kier molecular flexibility index (Phi) is 4.74. The Labute approximate surface area is 102 Å². The molecule has 1 atom stereocenters. The van der Waals surface area contributed by atoms with Gasteiger partial charge in [0.2, 0.25) is 0 Å². The molecule has 0 fully saturated rings. The van der Waals surface area contributed by atoms with Crippen molar-refractivity contribution >= 4 is 24.2 Å². The molecule has 1 aromatic carbocycles. The third-order valence-corrected chi connectivity index (χ3v) is 2.36. The number of benzene rings is 1. The molecular formula is C14H14ClN. The minimum absolute atomic E-state index is 0. The lowest BCUT2D eigenvalue weighted by molar-refractivity contribution is 1.12. The molecule has 1 aliphatic carbocycles. The van der Waals surface area contributed by atoms with Gasteiger partial charge >= 0.3 is 0 Å². The lowest BCUT2D eigenvalue weighted by Crippen LogP contribution is -2.07. The molecule has 1 aliphatic rings. The van der Waals surface area contributed by atoms with E-state index in [9.17, 15) is 0 Å². The zero-order chi connectivity index (χ0) is 10.5. The zero-order valence-corrected chi connectivity index (χ0v) is 9.65. The van der Waals surface area contributed by atoms with Crippen LogP contribution in [0, 0.1) is 11.3 Å². The van der Waals surface area contributed by atoms with E-state index in [2.05, 4.69) is 24.3 Å². The van der Waals surface area contributed by atoms with E-state index in [0.717, 1.165) is 0 Å². The second-order valence-corrected chi connectivity index (χ2v) is 3.49. The van der Waals surface area contributed by atoms with Gasteiger partial charge in [0, 0.05) is 11.6 Å².